The molecule has 4 nitrogen and oxygen atoms in total. The standard InChI is InChI=1S/C26H27Cl3N2O2S/c1-34(32,33)30-17-19-7-5-18(6-8-19)15-23-3-2-4-26(24-14-11-21(28)16-25(24)29)31(23)22-12-9-20(27)10-13-22/h5-14,16,23,26,30H,2-4,15,17H2,1H3. The summed E-state index contributed by atoms with van der Waals surface area (Å²) in [5, 5.41) is 2.01. The summed E-state index contributed by atoms with van der Waals surface area (Å²) in [7, 11) is -3.22. The van der Waals surface area contributed by atoms with Crippen LogP contribution in [0.2, 0.25) is 15.1 Å². The predicted octanol–water partition coefficient (Wildman–Crippen LogP) is 7.04. The molecule has 0 aromatic heterocycles. The normalized spacial score (nSPS) is 18.8. The van der Waals surface area contributed by atoms with Crippen molar-refractivity contribution >= 4 is 50.5 Å². The molecule has 1 saturated heterocycles. The summed E-state index contributed by atoms with van der Waals surface area (Å²) in [6.07, 6.45) is 5.18. The zero-order valence-corrected chi connectivity index (χ0v) is 21.9. The molecule has 8 heteroatoms. The Morgan fingerprint density at radius 2 is 1.53 bits per heavy atom. The number of nitrogens with zero attached hydrogens (tertiary/aromatic N) is 1. The molecule has 2 unspecified atom stereocenters. The van der Waals surface area contributed by atoms with Gasteiger partial charge >= 0.3 is 0 Å². The Labute approximate surface area is 216 Å². The highest BCUT2D eigenvalue weighted by atomic mass is 35.5. The van der Waals surface area contributed by atoms with Gasteiger partial charge < -0.3 is 4.90 Å². The van der Waals surface area contributed by atoms with Crippen molar-refractivity contribution in [3.63, 3.8) is 0 Å². The van der Waals surface area contributed by atoms with Gasteiger partial charge in [-0.2, -0.15) is 0 Å². The van der Waals surface area contributed by atoms with Crippen LogP contribution in [0, 0.1) is 0 Å². The molecule has 2 atom stereocenters. The van der Waals surface area contributed by atoms with E-state index in [-0.39, 0.29) is 18.6 Å². The molecule has 0 spiro atoms. The number of nitrogens with one attached hydrogen (secondary N) is 1. The Hall–Kier alpha value is -1.76. The van der Waals surface area contributed by atoms with Crippen LogP contribution in [-0.2, 0) is 23.0 Å². The summed E-state index contributed by atoms with van der Waals surface area (Å²) in [6.45, 7) is 0.288. The third-order valence-electron chi connectivity index (χ3n) is 6.22. The summed E-state index contributed by atoms with van der Waals surface area (Å²) >= 11 is 19.0. The minimum Gasteiger partial charge on any atom is -0.361 e. The minimum atomic E-state index is -3.22. The van der Waals surface area contributed by atoms with E-state index in [1.807, 2.05) is 42.5 Å². The van der Waals surface area contributed by atoms with Crippen LogP contribution in [0.1, 0.15) is 42.0 Å². The van der Waals surface area contributed by atoms with Gasteiger partial charge in [-0.15, -0.1) is 0 Å². The van der Waals surface area contributed by atoms with E-state index < -0.39 is 10.0 Å². The maximum absolute atomic E-state index is 11.4. The van der Waals surface area contributed by atoms with Crippen molar-refractivity contribution in [2.24, 2.45) is 0 Å². The molecule has 0 radical (unpaired) electrons. The summed E-state index contributed by atoms with van der Waals surface area (Å²) in [6, 6.07) is 22.2. The van der Waals surface area contributed by atoms with Crippen molar-refractivity contribution in [1.29, 1.82) is 0 Å². The van der Waals surface area contributed by atoms with Crippen LogP contribution in [0.5, 0.6) is 0 Å². The molecular formula is C26H27Cl3N2O2S. The van der Waals surface area contributed by atoms with Crippen molar-refractivity contribution in [1.82, 2.24) is 4.72 Å². The zero-order valence-electron chi connectivity index (χ0n) is 18.8. The molecule has 4 rings (SSSR count). The van der Waals surface area contributed by atoms with Crippen LogP contribution >= 0.6 is 34.8 Å². The lowest BCUT2D eigenvalue weighted by atomic mass is 9.87. The number of anilines is 1. The third-order valence-corrected chi connectivity index (χ3v) is 7.71. The van der Waals surface area contributed by atoms with Gasteiger partial charge in [0.15, 0.2) is 0 Å². The second-order valence-electron chi connectivity index (χ2n) is 8.76. The second-order valence-corrected chi connectivity index (χ2v) is 11.9. The van der Waals surface area contributed by atoms with E-state index in [1.165, 1.54) is 11.8 Å². The first kappa shape index (κ1) is 25.3. The van der Waals surface area contributed by atoms with Gasteiger partial charge in [-0.25, -0.2) is 13.1 Å². The molecule has 1 aliphatic rings. The lowest BCUT2D eigenvalue weighted by Gasteiger charge is -2.45. The second kappa shape index (κ2) is 10.9. The van der Waals surface area contributed by atoms with Crippen LogP contribution < -0.4 is 9.62 Å². The molecule has 0 aliphatic carbocycles. The molecular weight excluding hydrogens is 511 g/mol. The molecule has 0 amide bonds. The van der Waals surface area contributed by atoms with Crippen LogP contribution in [0.3, 0.4) is 0 Å². The van der Waals surface area contributed by atoms with Gasteiger partial charge in [0.25, 0.3) is 0 Å². The first-order valence-corrected chi connectivity index (χ1v) is 14.2. The highest BCUT2D eigenvalue weighted by Crippen LogP contribution is 2.42. The molecule has 1 fully saturated rings. The monoisotopic (exact) mass is 536 g/mol. The molecule has 34 heavy (non-hydrogen) atoms. The van der Waals surface area contributed by atoms with Crippen molar-refractivity contribution in [2.75, 3.05) is 11.2 Å². The highest BCUT2D eigenvalue weighted by molar-refractivity contribution is 7.88. The van der Waals surface area contributed by atoms with Gasteiger partial charge in [0.05, 0.1) is 12.3 Å². The first-order valence-electron chi connectivity index (χ1n) is 11.2. The van der Waals surface area contributed by atoms with E-state index in [4.69, 9.17) is 34.8 Å². The van der Waals surface area contributed by atoms with Crippen molar-refractivity contribution in [3.8, 4) is 0 Å². The number of hydrogen-bond acceptors (Lipinski definition) is 3. The van der Waals surface area contributed by atoms with E-state index in [2.05, 4.69) is 33.9 Å². The van der Waals surface area contributed by atoms with Crippen LogP contribution in [0.4, 0.5) is 5.69 Å². The smallest absolute Gasteiger partial charge is 0.209 e. The summed E-state index contributed by atoms with van der Waals surface area (Å²) in [5.41, 5.74) is 4.32. The number of sulfonamides is 1. The quantitative estimate of drug-likeness (QED) is 0.352. The Morgan fingerprint density at radius 3 is 2.18 bits per heavy atom. The maximum Gasteiger partial charge on any atom is 0.209 e. The summed E-state index contributed by atoms with van der Waals surface area (Å²) < 4.78 is 25.3. The first-order chi connectivity index (χ1) is 16.2. The number of hydrogen-bond donors (Lipinski definition) is 1. The number of benzene rings is 3. The largest absolute Gasteiger partial charge is 0.361 e. The van der Waals surface area contributed by atoms with Gasteiger partial charge in [0.2, 0.25) is 10.0 Å². The number of piperidine rings is 1. The van der Waals surface area contributed by atoms with Gasteiger partial charge in [0, 0.05) is 33.3 Å². The van der Waals surface area contributed by atoms with Gasteiger partial charge in [-0.1, -0.05) is 65.1 Å². The molecule has 0 bridgehead atoms. The molecule has 1 heterocycles. The van der Waals surface area contributed by atoms with E-state index in [9.17, 15) is 8.42 Å². The van der Waals surface area contributed by atoms with E-state index in [0.717, 1.165) is 42.5 Å². The molecule has 1 aliphatic heterocycles. The Bertz CT molecular complexity index is 1230. The minimum absolute atomic E-state index is 0.128. The molecule has 3 aromatic rings. The number of rotatable bonds is 7. The summed E-state index contributed by atoms with van der Waals surface area (Å²) in [5.74, 6) is 0. The molecule has 180 valence electrons. The van der Waals surface area contributed by atoms with E-state index >= 15 is 0 Å². The fraction of sp³-hybridized carbons (Fsp3) is 0.308. The van der Waals surface area contributed by atoms with E-state index in [0.29, 0.717) is 15.1 Å². The van der Waals surface area contributed by atoms with Crippen molar-refractivity contribution in [2.45, 2.75) is 44.3 Å². The van der Waals surface area contributed by atoms with Crippen molar-refractivity contribution < 1.29 is 8.42 Å². The average Bonchev–Trinajstić information content (AvgIpc) is 2.79. The Balaban J connectivity index is 1.61. The van der Waals surface area contributed by atoms with Gasteiger partial charge in [0.1, 0.15) is 0 Å². The summed E-state index contributed by atoms with van der Waals surface area (Å²) in [4.78, 5) is 2.47. The third kappa shape index (κ3) is 6.46. The number of halogens is 3. The highest BCUT2D eigenvalue weighted by Gasteiger charge is 2.33. The average molecular weight is 538 g/mol. The Morgan fingerprint density at radius 1 is 0.882 bits per heavy atom. The zero-order chi connectivity index (χ0) is 24.3. The van der Waals surface area contributed by atoms with Crippen LogP contribution in [-0.4, -0.2) is 20.7 Å². The molecule has 1 N–H and O–H groups in total. The van der Waals surface area contributed by atoms with E-state index in [1.54, 1.807) is 0 Å². The van der Waals surface area contributed by atoms with Crippen LogP contribution in [0.25, 0.3) is 0 Å². The molecule has 0 saturated carbocycles. The molecule has 3 aromatic carbocycles. The van der Waals surface area contributed by atoms with Crippen molar-refractivity contribution in [3.05, 3.63) is 98.5 Å². The van der Waals surface area contributed by atoms with Crippen LogP contribution in [0.15, 0.2) is 66.7 Å². The Kier molecular flexibility index (Phi) is 8.11. The predicted molar refractivity (Wildman–Crippen MR) is 143 cm³/mol. The van der Waals surface area contributed by atoms with Gasteiger partial charge in [-0.05, 0) is 78.8 Å². The lowest BCUT2D eigenvalue weighted by molar-refractivity contribution is 0.385. The topological polar surface area (TPSA) is 49.4 Å². The fourth-order valence-corrected chi connectivity index (χ4v) is 5.73. The maximum atomic E-state index is 11.4. The SMILES string of the molecule is CS(=O)(=O)NCc1ccc(CC2CCCC(c3ccc(Cl)cc3Cl)N2c2ccc(Cl)cc2)cc1. The van der Waals surface area contributed by atoms with Gasteiger partial charge in [-0.3, -0.25) is 0 Å². The fourth-order valence-electron chi connectivity index (χ4n) is 4.64. The lowest BCUT2D eigenvalue weighted by Crippen LogP contribution is -2.43.